The Morgan fingerprint density at radius 3 is 2.70 bits per heavy atom. The summed E-state index contributed by atoms with van der Waals surface area (Å²) in [5.41, 5.74) is 0.534. The molecule has 0 fully saturated rings. The molecule has 0 unspecified atom stereocenters. The SMILES string of the molecule is CC.CNCC(=O)OCc1cccnc1N(C)C(=O)O.[HH]. The minimum Gasteiger partial charge on any atom is -0.465 e. The first-order valence-corrected chi connectivity index (χ1v) is 6.27. The van der Waals surface area contributed by atoms with Gasteiger partial charge in [-0.3, -0.25) is 9.69 Å². The summed E-state index contributed by atoms with van der Waals surface area (Å²) >= 11 is 0. The monoisotopic (exact) mass is 285 g/mol. The first-order chi connectivity index (χ1) is 9.56. The Labute approximate surface area is 120 Å². The first kappa shape index (κ1) is 17.8. The molecule has 20 heavy (non-hydrogen) atoms. The molecule has 1 amide bonds. The fraction of sp³-hybridized carbons (Fsp3) is 0.462. The van der Waals surface area contributed by atoms with E-state index in [0.717, 1.165) is 4.90 Å². The van der Waals surface area contributed by atoms with Crippen molar-refractivity contribution in [2.75, 3.05) is 25.5 Å². The van der Waals surface area contributed by atoms with Gasteiger partial charge in [-0.05, 0) is 13.1 Å². The second kappa shape index (κ2) is 9.74. The molecule has 0 aliphatic rings. The number of aromatic nitrogens is 1. The third-order valence-electron chi connectivity index (χ3n) is 2.18. The second-order valence-electron chi connectivity index (χ2n) is 3.52. The summed E-state index contributed by atoms with van der Waals surface area (Å²) in [5.74, 6) is -0.160. The third kappa shape index (κ3) is 5.66. The highest BCUT2D eigenvalue weighted by atomic mass is 16.5. The van der Waals surface area contributed by atoms with Crippen LogP contribution < -0.4 is 10.2 Å². The van der Waals surface area contributed by atoms with Crippen molar-refractivity contribution < 1.29 is 20.9 Å². The van der Waals surface area contributed by atoms with Crippen LogP contribution in [0, 0.1) is 0 Å². The maximum Gasteiger partial charge on any atom is 0.412 e. The second-order valence-corrected chi connectivity index (χ2v) is 3.52. The largest absolute Gasteiger partial charge is 0.465 e. The summed E-state index contributed by atoms with van der Waals surface area (Å²) < 4.78 is 4.98. The quantitative estimate of drug-likeness (QED) is 0.800. The summed E-state index contributed by atoms with van der Waals surface area (Å²) in [6.45, 7) is 4.09. The van der Waals surface area contributed by atoms with Gasteiger partial charge in [-0.15, -0.1) is 0 Å². The zero-order valence-corrected chi connectivity index (χ0v) is 12.2. The van der Waals surface area contributed by atoms with E-state index < -0.39 is 12.1 Å². The molecule has 0 saturated heterocycles. The molecule has 0 bridgehead atoms. The van der Waals surface area contributed by atoms with E-state index in [0.29, 0.717) is 5.56 Å². The average molecular weight is 285 g/mol. The molecular formula is C13H23N3O4. The number of carbonyl (C=O) groups is 2. The van der Waals surface area contributed by atoms with Crippen LogP contribution in [-0.4, -0.2) is 42.8 Å². The number of nitrogens with zero attached hydrogens (tertiary/aromatic N) is 2. The van der Waals surface area contributed by atoms with Crippen LogP contribution >= 0.6 is 0 Å². The Hall–Kier alpha value is -2.15. The van der Waals surface area contributed by atoms with Crippen molar-refractivity contribution in [1.29, 1.82) is 0 Å². The van der Waals surface area contributed by atoms with Crippen molar-refractivity contribution in [3.63, 3.8) is 0 Å². The number of carbonyl (C=O) groups excluding carboxylic acids is 1. The number of nitrogens with one attached hydrogen (secondary N) is 1. The van der Waals surface area contributed by atoms with Gasteiger partial charge in [0.05, 0.1) is 6.54 Å². The molecule has 1 aromatic heterocycles. The van der Waals surface area contributed by atoms with E-state index in [4.69, 9.17) is 9.84 Å². The molecule has 0 aliphatic heterocycles. The van der Waals surface area contributed by atoms with Crippen molar-refractivity contribution in [2.24, 2.45) is 0 Å². The minimum absolute atomic E-state index is 0. The van der Waals surface area contributed by atoms with E-state index in [9.17, 15) is 9.59 Å². The normalized spacial score (nSPS) is 9.20. The maximum absolute atomic E-state index is 11.2. The lowest BCUT2D eigenvalue weighted by Crippen LogP contribution is -2.26. The van der Waals surface area contributed by atoms with Crippen molar-refractivity contribution in [2.45, 2.75) is 20.5 Å². The number of likely N-dealkylation sites (N-methyl/N-ethyl adjacent to an activating group) is 1. The van der Waals surface area contributed by atoms with Gasteiger partial charge in [0.2, 0.25) is 0 Å². The van der Waals surface area contributed by atoms with Gasteiger partial charge in [0.25, 0.3) is 0 Å². The topological polar surface area (TPSA) is 91.8 Å². The van der Waals surface area contributed by atoms with Crippen molar-refractivity contribution in [3.8, 4) is 0 Å². The lowest BCUT2D eigenvalue weighted by molar-refractivity contribution is -0.143. The van der Waals surface area contributed by atoms with Crippen LogP contribution in [0.1, 0.15) is 20.8 Å². The van der Waals surface area contributed by atoms with Crippen molar-refractivity contribution >= 4 is 17.9 Å². The Kier molecular flexibility index (Phi) is 8.69. The predicted octanol–water partition coefficient (Wildman–Crippen LogP) is 1.73. The molecule has 1 rings (SSSR count). The van der Waals surface area contributed by atoms with Crippen LogP contribution in [0.25, 0.3) is 0 Å². The molecule has 7 heteroatoms. The Balaban J connectivity index is 0. The fourth-order valence-electron chi connectivity index (χ4n) is 1.29. The lowest BCUT2D eigenvalue weighted by Gasteiger charge is -2.15. The van der Waals surface area contributed by atoms with E-state index in [-0.39, 0.29) is 20.4 Å². The molecule has 114 valence electrons. The molecule has 0 atom stereocenters. The van der Waals surface area contributed by atoms with Gasteiger partial charge in [-0.25, -0.2) is 9.78 Å². The number of carboxylic acid groups (broad SMARTS) is 1. The maximum atomic E-state index is 11.2. The molecular weight excluding hydrogens is 262 g/mol. The third-order valence-corrected chi connectivity index (χ3v) is 2.18. The Bertz CT molecular complexity index is 443. The number of pyridine rings is 1. The van der Waals surface area contributed by atoms with E-state index in [2.05, 4.69) is 10.3 Å². The fourth-order valence-corrected chi connectivity index (χ4v) is 1.29. The number of hydrogen-bond acceptors (Lipinski definition) is 5. The van der Waals surface area contributed by atoms with Crippen LogP contribution in [0.2, 0.25) is 0 Å². The van der Waals surface area contributed by atoms with Gasteiger partial charge in [0.1, 0.15) is 12.4 Å². The molecule has 1 aromatic rings. The molecule has 7 nitrogen and oxygen atoms in total. The summed E-state index contributed by atoms with van der Waals surface area (Å²) in [7, 11) is 3.01. The molecule has 0 aromatic carbocycles. The summed E-state index contributed by atoms with van der Waals surface area (Å²) in [5, 5.41) is 11.6. The number of anilines is 1. The zero-order chi connectivity index (χ0) is 15.5. The van der Waals surface area contributed by atoms with Gasteiger partial charge in [0.15, 0.2) is 0 Å². The molecule has 0 aliphatic carbocycles. The molecule has 1 heterocycles. The van der Waals surface area contributed by atoms with Crippen LogP contribution in [-0.2, 0) is 16.1 Å². The highest BCUT2D eigenvalue weighted by Crippen LogP contribution is 2.16. The van der Waals surface area contributed by atoms with E-state index >= 15 is 0 Å². The standard InChI is InChI=1S/C11H15N3O4.C2H6.H2/c1-12-6-9(15)18-7-8-4-3-5-13-10(8)14(2)11(16)17;1-2;/h3-5,12H,6-7H2,1-2H3,(H,16,17);1-2H3;1H. The van der Waals surface area contributed by atoms with Crippen LogP contribution in [0.3, 0.4) is 0 Å². The van der Waals surface area contributed by atoms with Gasteiger partial charge in [-0.1, -0.05) is 19.9 Å². The molecule has 0 saturated carbocycles. The zero-order valence-electron chi connectivity index (χ0n) is 12.2. The highest BCUT2D eigenvalue weighted by Gasteiger charge is 2.15. The van der Waals surface area contributed by atoms with E-state index in [1.165, 1.54) is 13.2 Å². The Morgan fingerprint density at radius 1 is 1.50 bits per heavy atom. The molecule has 0 spiro atoms. The minimum atomic E-state index is -1.13. The number of hydrogen-bond donors (Lipinski definition) is 2. The summed E-state index contributed by atoms with van der Waals surface area (Å²) in [4.78, 5) is 27.0. The van der Waals surface area contributed by atoms with Crippen LogP contribution in [0.5, 0.6) is 0 Å². The average Bonchev–Trinajstić information content (AvgIpc) is 2.47. The van der Waals surface area contributed by atoms with Crippen LogP contribution in [0.15, 0.2) is 18.3 Å². The van der Waals surface area contributed by atoms with Crippen molar-refractivity contribution in [3.05, 3.63) is 23.9 Å². The van der Waals surface area contributed by atoms with E-state index in [1.54, 1.807) is 19.2 Å². The number of rotatable bonds is 5. The summed E-state index contributed by atoms with van der Waals surface area (Å²) in [6.07, 6.45) is 0.352. The first-order valence-electron chi connectivity index (χ1n) is 6.27. The number of ether oxygens (including phenoxy) is 1. The Morgan fingerprint density at radius 2 is 2.15 bits per heavy atom. The smallest absolute Gasteiger partial charge is 0.412 e. The molecule has 0 radical (unpaired) electrons. The number of amides is 1. The van der Waals surface area contributed by atoms with Gasteiger partial charge in [0, 0.05) is 20.2 Å². The lowest BCUT2D eigenvalue weighted by atomic mass is 10.2. The van der Waals surface area contributed by atoms with E-state index in [1.807, 2.05) is 13.8 Å². The molecule has 2 N–H and O–H groups in total. The van der Waals surface area contributed by atoms with Gasteiger partial charge < -0.3 is 15.2 Å². The van der Waals surface area contributed by atoms with Crippen LogP contribution in [0.4, 0.5) is 10.6 Å². The van der Waals surface area contributed by atoms with Gasteiger partial charge in [-0.2, -0.15) is 0 Å². The van der Waals surface area contributed by atoms with Gasteiger partial charge >= 0.3 is 12.1 Å². The summed E-state index contributed by atoms with van der Waals surface area (Å²) in [6, 6.07) is 3.31. The predicted molar refractivity (Wildman–Crippen MR) is 77.8 cm³/mol. The highest BCUT2D eigenvalue weighted by molar-refractivity contribution is 5.84. The van der Waals surface area contributed by atoms with Crippen molar-refractivity contribution in [1.82, 2.24) is 10.3 Å². The number of esters is 1.